The molecule has 90 valence electrons. The number of aromatic amines is 1. The molecule has 1 amide bonds. The number of H-pyrrole nitrogens is 1. The maximum atomic E-state index is 11.9. The molecule has 0 atom stereocenters. The van der Waals surface area contributed by atoms with Gasteiger partial charge in [0.05, 0.1) is 0 Å². The van der Waals surface area contributed by atoms with Gasteiger partial charge in [0.25, 0.3) is 5.91 Å². The van der Waals surface area contributed by atoms with Crippen LogP contribution in [0.25, 0.3) is 0 Å². The zero-order valence-corrected chi connectivity index (χ0v) is 9.05. The van der Waals surface area contributed by atoms with Gasteiger partial charge in [0.15, 0.2) is 0 Å². The predicted octanol–water partition coefficient (Wildman–Crippen LogP) is 0.0877. The molecule has 0 unspecified atom stereocenters. The number of carboxylic acids is 1. The highest BCUT2D eigenvalue weighted by atomic mass is 16.4. The molecule has 0 saturated heterocycles. The molecular weight excluding hydrogens is 224 g/mol. The van der Waals surface area contributed by atoms with Crippen LogP contribution in [-0.2, 0) is 4.79 Å². The Morgan fingerprint density at radius 1 is 1.53 bits per heavy atom. The van der Waals surface area contributed by atoms with E-state index in [1.807, 2.05) is 0 Å². The summed E-state index contributed by atoms with van der Waals surface area (Å²) in [5, 5.41) is 8.66. The maximum absolute atomic E-state index is 11.9. The monoisotopic (exact) mass is 236 g/mol. The zero-order chi connectivity index (χ0) is 12.8. The van der Waals surface area contributed by atoms with Crippen molar-refractivity contribution in [3.05, 3.63) is 46.9 Å². The average molecular weight is 236 g/mol. The quantitative estimate of drug-likeness (QED) is 0.709. The third kappa shape index (κ3) is 3.60. The largest absolute Gasteiger partial charge is 0.480 e. The van der Waals surface area contributed by atoms with Crippen molar-refractivity contribution in [1.29, 1.82) is 0 Å². The third-order valence-corrected chi connectivity index (χ3v) is 1.98. The van der Waals surface area contributed by atoms with E-state index in [-0.39, 0.29) is 12.1 Å². The summed E-state index contributed by atoms with van der Waals surface area (Å²) < 4.78 is 0. The van der Waals surface area contributed by atoms with Gasteiger partial charge in [0, 0.05) is 24.4 Å². The molecule has 17 heavy (non-hydrogen) atoms. The molecule has 1 rings (SSSR count). The number of carbonyl (C=O) groups is 2. The number of aromatic nitrogens is 1. The Hall–Kier alpha value is -2.37. The predicted molar refractivity (Wildman–Crippen MR) is 60.8 cm³/mol. The standard InChI is InChI=1S/C11H12N2O4/c1-2-5-13(7-10(15)16)11(17)8-3-4-12-9(14)6-8/h2-4,6H,1,5,7H2,(H,12,14)(H,15,16). The highest BCUT2D eigenvalue weighted by molar-refractivity contribution is 5.95. The van der Waals surface area contributed by atoms with Crippen LogP contribution >= 0.6 is 0 Å². The molecule has 0 aliphatic heterocycles. The minimum absolute atomic E-state index is 0.109. The Bertz CT molecular complexity index is 492. The fraction of sp³-hybridized carbons (Fsp3) is 0.182. The van der Waals surface area contributed by atoms with Crippen molar-refractivity contribution in [3.8, 4) is 0 Å². The molecule has 0 fully saturated rings. The van der Waals surface area contributed by atoms with Gasteiger partial charge >= 0.3 is 5.97 Å². The van der Waals surface area contributed by atoms with Crippen LogP contribution in [0, 0.1) is 0 Å². The fourth-order valence-corrected chi connectivity index (χ4v) is 1.30. The van der Waals surface area contributed by atoms with E-state index in [0.29, 0.717) is 0 Å². The molecule has 6 heteroatoms. The van der Waals surface area contributed by atoms with E-state index >= 15 is 0 Å². The smallest absolute Gasteiger partial charge is 0.323 e. The number of hydrogen-bond donors (Lipinski definition) is 2. The van der Waals surface area contributed by atoms with Crippen LogP contribution in [0.1, 0.15) is 10.4 Å². The first kappa shape index (κ1) is 12.7. The van der Waals surface area contributed by atoms with Gasteiger partial charge < -0.3 is 15.0 Å². The maximum Gasteiger partial charge on any atom is 0.323 e. The number of carbonyl (C=O) groups excluding carboxylic acids is 1. The molecule has 1 aromatic rings. The Morgan fingerprint density at radius 2 is 2.24 bits per heavy atom. The van der Waals surface area contributed by atoms with E-state index in [9.17, 15) is 14.4 Å². The van der Waals surface area contributed by atoms with Gasteiger partial charge in [-0.1, -0.05) is 6.08 Å². The second-order valence-corrected chi connectivity index (χ2v) is 3.31. The first-order valence-electron chi connectivity index (χ1n) is 4.85. The summed E-state index contributed by atoms with van der Waals surface area (Å²) in [6.07, 6.45) is 2.76. The average Bonchev–Trinajstić information content (AvgIpc) is 2.27. The molecule has 0 saturated carbocycles. The van der Waals surface area contributed by atoms with E-state index in [1.54, 1.807) is 0 Å². The molecule has 2 N–H and O–H groups in total. The molecule has 0 bridgehead atoms. The lowest BCUT2D eigenvalue weighted by Crippen LogP contribution is -2.36. The summed E-state index contributed by atoms with van der Waals surface area (Å²) in [5.41, 5.74) is -0.262. The summed E-state index contributed by atoms with van der Waals surface area (Å²) in [6, 6.07) is 2.54. The second-order valence-electron chi connectivity index (χ2n) is 3.31. The summed E-state index contributed by atoms with van der Waals surface area (Å²) in [6.45, 7) is 3.12. The lowest BCUT2D eigenvalue weighted by Gasteiger charge is -2.18. The minimum atomic E-state index is -1.12. The normalized spacial score (nSPS) is 9.65. The molecule has 0 aliphatic rings. The van der Waals surface area contributed by atoms with Gasteiger partial charge in [0.1, 0.15) is 6.54 Å². The Morgan fingerprint density at radius 3 is 2.76 bits per heavy atom. The fourth-order valence-electron chi connectivity index (χ4n) is 1.30. The molecule has 1 aromatic heterocycles. The van der Waals surface area contributed by atoms with E-state index in [2.05, 4.69) is 11.6 Å². The van der Waals surface area contributed by atoms with E-state index in [4.69, 9.17) is 5.11 Å². The number of carboxylic acid groups (broad SMARTS) is 1. The first-order chi connectivity index (χ1) is 8.04. The molecular formula is C11H12N2O4. The van der Waals surface area contributed by atoms with Gasteiger partial charge in [-0.25, -0.2) is 0 Å². The van der Waals surface area contributed by atoms with Gasteiger partial charge in [0.2, 0.25) is 5.56 Å². The molecule has 0 aromatic carbocycles. The summed E-state index contributed by atoms with van der Waals surface area (Å²) in [4.78, 5) is 37.0. The van der Waals surface area contributed by atoms with Crippen molar-refractivity contribution in [3.63, 3.8) is 0 Å². The van der Waals surface area contributed by atoms with Gasteiger partial charge in [-0.2, -0.15) is 0 Å². The Kier molecular flexibility index (Phi) is 4.21. The highest BCUT2D eigenvalue weighted by Crippen LogP contribution is 2.01. The molecule has 0 radical (unpaired) electrons. The number of rotatable bonds is 5. The number of hydrogen-bond acceptors (Lipinski definition) is 3. The van der Waals surface area contributed by atoms with Gasteiger partial charge in [-0.15, -0.1) is 6.58 Å². The number of amides is 1. The Balaban J connectivity index is 2.94. The van der Waals surface area contributed by atoms with Crippen molar-refractivity contribution in [1.82, 2.24) is 9.88 Å². The molecule has 1 heterocycles. The third-order valence-electron chi connectivity index (χ3n) is 1.98. The van der Waals surface area contributed by atoms with Crippen LogP contribution in [0.3, 0.4) is 0 Å². The summed E-state index contributed by atoms with van der Waals surface area (Å²) >= 11 is 0. The Labute approximate surface area is 97.2 Å². The molecule has 0 spiro atoms. The minimum Gasteiger partial charge on any atom is -0.480 e. The topological polar surface area (TPSA) is 90.5 Å². The van der Waals surface area contributed by atoms with Crippen molar-refractivity contribution < 1.29 is 14.7 Å². The van der Waals surface area contributed by atoms with Crippen molar-refractivity contribution in [2.75, 3.05) is 13.1 Å². The first-order valence-corrected chi connectivity index (χ1v) is 4.85. The summed E-state index contributed by atoms with van der Waals surface area (Å²) in [7, 11) is 0. The van der Waals surface area contributed by atoms with E-state index in [0.717, 1.165) is 11.0 Å². The lowest BCUT2D eigenvalue weighted by atomic mass is 10.2. The molecule has 0 aliphatic carbocycles. The van der Waals surface area contributed by atoms with E-state index < -0.39 is 24.0 Å². The van der Waals surface area contributed by atoms with E-state index in [1.165, 1.54) is 18.3 Å². The number of aliphatic carboxylic acids is 1. The highest BCUT2D eigenvalue weighted by Gasteiger charge is 2.17. The number of pyridine rings is 1. The van der Waals surface area contributed by atoms with Gasteiger partial charge in [-0.05, 0) is 6.07 Å². The van der Waals surface area contributed by atoms with Crippen LogP contribution in [0.4, 0.5) is 0 Å². The second kappa shape index (κ2) is 5.64. The van der Waals surface area contributed by atoms with Gasteiger partial charge in [-0.3, -0.25) is 14.4 Å². The lowest BCUT2D eigenvalue weighted by molar-refractivity contribution is -0.137. The van der Waals surface area contributed by atoms with Crippen LogP contribution in [0.5, 0.6) is 0 Å². The number of nitrogens with one attached hydrogen (secondary N) is 1. The number of nitrogens with zero attached hydrogens (tertiary/aromatic N) is 1. The van der Waals surface area contributed by atoms with Crippen molar-refractivity contribution in [2.24, 2.45) is 0 Å². The van der Waals surface area contributed by atoms with Crippen molar-refractivity contribution in [2.45, 2.75) is 0 Å². The summed E-state index contributed by atoms with van der Waals surface area (Å²) in [5.74, 6) is -1.64. The van der Waals surface area contributed by atoms with Crippen LogP contribution < -0.4 is 5.56 Å². The van der Waals surface area contributed by atoms with Crippen molar-refractivity contribution >= 4 is 11.9 Å². The zero-order valence-electron chi connectivity index (χ0n) is 9.05. The van der Waals surface area contributed by atoms with Crippen LogP contribution in [0.15, 0.2) is 35.8 Å². The van der Waals surface area contributed by atoms with Crippen LogP contribution in [0.2, 0.25) is 0 Å². The molecule has 6 nitrogen and oxygen atoms in total. The van der Waals surface area contributed by atoms with Crippen LogP contribution in [-0.4, -0.2) is 40.0 Å². The SMILES string of the molecule is C=CCN(CC(=O)O)C(=O)c1cc[nH]c(=O)c1.